The molecule has 4 rings (SSSR count). The Bertz CT molecular complexity index is 973. The number of methoxy groups -OCH3 is 3. The summed E-state index contributed by atoms with van der Waals surface area (Å²) >= 11 is 0. The van der Waals surface area contributed by atoms with Gasteiger partial charge in [-0.3, -0.25) is 4.68 Å². The number of ether oxygens (including phenoxy) is 5. The Morgan fingerprint density at radius 2 is 1.77 bits per heavy atom. The van der Waals surface area contributed by atoms with Crippen LogP contribution in [0.25, 0.3) is 11.3 Å². The molecule has 0 saturated carbocycles. The van der Waals surface area contributed by atoms with Crippen molar-refractivity contribution in [2.75, 3.05) is 27.9 Å². The fourth-order valence-corrected chi connectivity index (χ4v) is 3.55. The van der Waals surface area contributed by atoms with Gasteiger partial charge < -0.3 is 23.7 Å². The van der Waals surface area contributed by atoms with Crippen molar-refractivity contribution in [3.8, 4) is 34.3 Å². The number of rotatable bonds is 8. The molecule has 1 fully saturated rings. The zero-order chi connectivity index (χ0) is 20.9. The zero-order valence-corrected chi connectivity index (χ0v) is 17.5. The molecule has 0 spiro atoms. The first-order valence-corrected chi connectivity index (χ1v) is 9.90. The van der Waals surface area contributed by atoms with Crippen LogP contribution in [0.1, 0.15) is 18.4 Å². The fraction of sp³-hybridized carbons (Fsp3) is 0.348. The summed E-state index contributed by atoms with van der Waals surface area (Å²) in [6.45, 7) is 1.30. The summed E-state index contributed by atoms with van der Waals surface area (Å²) in [5.74, 6) is 2.83. The van der Waals surface area contributed by atoms with E-state index >= 15 is 0 Å². The molecule has 0 radical (unpaired) electrons. The number of hydrogen-bond donors (Lipinski definition) is 0. The van der Waals surface area contributed by atoms with Crippen molar-refractivity contribution < 1.29 is 23.7 Å². The molecule has 30 heavy (non-hydrogen) atoms. The molecule has 0 N–H and O–H groups in total. The van der Waals surface area contributed by atoms with E-state index in [1.807, 2.05) is 47.1 Å². The van der Waals surface area contributed by atoms with Crippen LogP contribution in [0.15, 0.2) is 48.7 Å². The lowest BCUT2D eigenvalue weighted by atomic mass is 10.1. The van der Waals surface area contributed by atoms with Crippen molar-refractivity contribution in [2.45, 2.75) is 25.7 Å². The van der Waals surface area contributed by atoms with Crippen LogP contribution in [-0.2, 0) is 11.3 Å². The minimum Gasteiger partial charge on any atom is -0.497 e. The number of benzene rings is 2. The lowest BCUT2D eigenvalue weighted by molar-refractivity contribution is -0.0402. The van der Waals surface area contributed by atoms with Crippen LogP contribution in [0.3, 0.4) is 0 Å². The molecular weight excluding hydrogens is 384 g/mol. The van der Waals surface area contributed by atoms with Gasteiger partial charge >= 0.3 is 0 Å². The average Bonchev–Trinajstić information content (AvgIpc) is 3.45. The first-order valence-electron chi connectivity index (χ1n) is 9.90. The van der Waals surface area contributed by atoms with Gasteiger partial charge in [0.25, 0.3) is 0 Å². The molecule has 2 aromatic carbocycles. The van der Waals surface area contributed by atoms with Crippen LogP contribution in [0.5, 0.6) is 23.0 Å². The van der Waals surface area contributed by atoms with Crippen LogP contribution in [-0.4, -0.2) is 44.0 Å². The molecule has 1 aliphatic rings. The van der Waals surface area contributed by atoms with Gasteiger partial charge in [-0.25, -0.2) is 0 Å². The van der Waals surface area contributed by atoms with E-state index in [-0.39, 0.29) is 6.29 Å². The summed E-state index contributed by atoms with van der Waals surface area (Å²) in [4.78, 5) is 0. The standard InChI is InChI=1S/C23H26N2O5/c1-26-18-11-16(12-19(14-18)27-2)15-25-20(8-9-24-25)17-6-7-21(28-3)22(13-17)30-23-5-4-10-29-23/h6-9,11-14,23H,4-5,10,15H2,1-3H3/t23-/m0/s1. The van der Waals surface area contributed by atoms with Crippen molar-refractivity contribution in [1.82, 2.24) is 9.78 Å². The van der Waals surface area contributed by atoms with Gasteiger partial charge in [0.15, 0.2) is 17.8 Å². The first-order chi connectivity index (χ1) is 14.7. The molecule has 1 atom stereocenters. The second kappa shape index (κ2) is 9.09. The van der Waals surface area contributed by atoms with Crippen LogP contribution < -0.4 is 18.9 Å². The summed E-state index contributed by atoms with van der Waals surface area (Å²) in [7, 11) is 4.92. The van der Waals surface area contributed by atoms with E-state index in [1.165, 1.54) is 0 Å². The zero-order valence-electron chi connectivity index (χ0n) is 17.5. The monoisotopic (exact) mass is 410 g/mol. The Balaban J connectivity index is 1.62. The third-order valence-corrected chi connectivity index (χ3v) is 5.07. The van der Waals surface area contributed by atoms with Gasteiger partial charge in [0, 0.05) is 24.2 Å². The molecule has 7 heteroatoms. The van der Waals surface area contributed by atoms with Gasteiger partial charge in [0.2, 0.25) is 0 Å². The lowest BCUT2D eigenvalue weighted by Crippen LogP contribution is -2.14. The SMILES string of the molecule is COc1cc(Cn2nccc2-c2ccc(OC)c(O[C@H]3CCCO3)c2)cc(OC)c1. The van der Waals surface area contributed by atoms with Crippen molar-refractivity contribution in [3.63, 3.8) is 0 Å². The van der Waals surface area contributed by atoms with Gasteiger partial charge in [-0.2, -0.15) is 5.10 Å². The average molecular weight is 410 g/mol. The lowest BCUT2D eigenvalue weighted by Gasteiger charge is -2.17. The highest BCUT2D eigenvalue weighted by molar-refractivity contribution is 5.64. The van der Waals surface area contributed by atoms with Crippen molar-refractivity contribution >= 4 is 0 Å². The maximum atomic E-state index is 6.04. The third-order valence-electron chi connectivity index (χ3n) is 5.07. The Labute approximate surface area is 176 Å². The second-order valence-corrected chi connectivity index (χ2v) is 7.02. The van der Waals surface area contributed by atoms with E-state index in [0.29, 0.717) is 18.0 Å². The topological polar surface area (TPSA) is 64.0 Å². The van der Waals surface area contributed by atoms with E-state index in [0.717, 1.165) is 47.8 Å². The summed E-state index contributed by atoms with van der Waals surface area (Å²) < 4.78 is 29.8. The third kappa shape index (κ3) is 4.36. The van der Waals surface area contributed by atoms with Crippen LogP contribution in [0, 0.1) is 0 Å². The van der Waals surface area contributed by atoms with E-state index in [1.54, 1.807) is 27.5 Å². The molecule has 1 saturated heterocycles. The molecule has 0 bridgehead atoms. The predicted molar refractivity (Wildman–Crippen MR) is 112 cm³/mol. The summed E-state index contributed by atoms with van der Waals surface area (Å²) in [6, 6.07) is 13.7. The molecule has 3 aromatic rings. The Morgan fingerprint density at radius 3 is 2.43 bits per heavy atom. The Kier molecular flexibility index (Phi) is 6.09. The molecule has 0 aliphatic carbocycles. The quantitative estimate of drug-likeness (QED) is 0.556. The molecule has 7 nitrogen and oxygen atoms in total. The molecule has 2 heterocycles. The van der Waals surface area contributed by atoms with Crippen molar-refractivity contribution in [1.29, 1.82) is 0 Å². The number of aromatic nitrogens is 2. The molecular formula is C23H26N2O5. The highest BCUT2D eigenvalue weighted by atomic mass is 16.7. The van der Waals surface area contributed by atoms with Crippen LogP contribution in [0.2, 0.25) is 0 Å². The first kappa shape index (κ1) is 20.1. The minimum atomic E-state index is -0.233. The Hall–Kier alpha value is -3.19. The Morgan fingerprint density at radius 1 is 0.967 bits per heavy atom. The van der Waals surface area contributed by atoms with E-state index < -0.39 is 0 Å². The summed E-state index contributed by atoms with van der Waals surface area (Å²) in [6.07, 6.45) is 3.44. The van der Waals surface area contributed by atoms with Gasteiger partial charge in [0.05, 0.1) is 40.2 Å². The number of hydrogen-bond acceptors (Lipinski definition) is 6. The highest BCUT2D eigenvalue weighted by Gasteiger charge is 2.20. The van der Waals surface area contributed by atoms with Gasteiger partial charge in [-0.05, 0) is 48.4 Å². The van der Waals surface area contributed by atoms with Crippen LogP contribution >= 0.6 is 0 Å². The molecule has 0 amide bonds. The highest BCUT2D eigenvalue weighted by Crippen LogP contribution is 2.34. The summed E-state index contributed by atoms with van der Waals surface area (Å²) in [5.41, 5.74) is 2.98. The number of nitrogens with zero attached hydrogens (tertiary/aromatic N) is 2. The smallest absolute Gasteiger partial charge is 0.200 e. The maximum Gasteiger partial charge on any atom is 0.200 e. The second-order valence-electron chi connectivity index (χ2n) is 7.02. The predicted octanol–water partition coefficient (Wildman–Crippen LogP) is 4.14. The van der Waals surface area contributed by atoms with Gasteiger partial charge in [0.1, 0.15) is 11.5 Å². The van der Waals surface area contributed by atoms with Gasteiger partial charge in [-0.15, -0.1) is 0 Å². The van der Waals surface area contributed by atoms with Crippen molar-refractivity contribution in [3.05, 3.63) is 54.2 Å². The van der Waals surface area contributed by atoms with Crippen LogP contribution in [0.4, 0.5) is 0 Å². The van der Waals surface area contributed by atoms with E-state index in [9.17, 15) is 0 Å². The van der Waals surface area contributed by atoms with Crippen molar-refractivity contribution in [2.24, 2.45) is 0 Å². The minimum absolute atomic E-state index is 0.233. The van der Waals surface area contributed by atoms with E-state index in [4.69, 9.17) is 23.7 Å². The fourth-order valence-electron chi connectivity index (χ4n) is 3.55. The molecule has 158 valence electrons. The largest absolute Gasteiger partial charge is 0.497 e. The normalized spacial score (nSPS) is 15.8. The molecule has 1 aliphatic heterocycles. The molecule has 1 aromatic heterocycles. The van der Waals surface area contributed by atoms with Gasteiger partial charge in [-0.1, -0.05) is 0 Å². The molecule has 0 unspecified atom stereocenters. The summed E-state index contributed by atoms with van der Waals surface area (Å²) in [5, 5.41) is 4.51. The maximum absolute atomic E-state index is 6.04. The van der Waals surface area contributed by atoms with E-state index in [2.05, 4.69) is 5.10 Å².